The number of carbonyl (C=O) groups is 2. The summed E-state index contributed by atoms with van der Waals surface area (Å²) in [7, 11) is 0. The van der Waals surface area contributed by atoms with Crippen LogP contribution in [0, 0.1) is 11.7 Å². The first-order valence-corrected chi connectivity index (χ1v) is 5.85. The van der Waals surface area contributed by atoms with Crippen molar-refractivity contribution in [2.45, 2.75) is 25.3 Å². The van der Waals surface area contributed by atoms with Gasteiger partial charge in [-0.05, 0) is 30.5 Å². The van der Waals surface area contributed by atoms with Gasteiger partial charge in [0.25, 0.3) is 5.91 Å². The number of rotatable bonds is 5. The van der Waals surface area contributed by atoms with Crippen LogP contribution in [-0.4, -0.2) is 23.0 Å². The van der Waals surface area contributed by atoms with E-state index in [0.717, 1.165) is 18.9 Å². The summed E-state index contributed by atoms with van der Waals surface area (Å²) < 4.78 is 12.9. The lowest BCUT2D eigenvalue weighted by Crippen LogP contribution is -2.41. The van der Waals surface area contributed by atoms with E-state index in [-0.39, 0.29) is 5.56 Å². The summed E-state index contributed by atoms with van der Waals surface area (Å²) in [5.74, 6) is -1.73. The maximum absolute atomic E-state index is 12.9. The lowest BCUT2D eigenvalue weighted by molar-refractivity contribution is -0.139. The van der Waals surface area contributed by atoms with Gasteiger partial charge in [-0.2, -0.15) is 0 Å². The molecule has 0 saturated heterocycles. The number of hydrogen-bond acceptors (Lipinski definition) is 2. The molecule has 96 valence electrons. The normalized spacial score (nSPS) is 16.1. The van der Waals surface area contributed by atoms with Crippen LogP contribution in [-0.2, 0) is 4.79 Å². The quantitative estimate of drug-likeness (QED) is 0.838. The molecule has 2 N–H and O–H groups in total. The van der Waals surface area contributed by atoms with Crippen LogP contribution < -0.4 is 5.32 Å². The molecule has 1 aromatic carbocycles. The lowest BCUT2D eigenvalue weighted by atomic mass is 10.1. The highest BCUT2D eigenvalue weighted by Gasteiger charge is 2.30. The average Bonchev–Trinajstić information content (AvgIpc) is 3.12. The summed E-state index contributed by atoms with van der Waals surface area (Å²) in [6, 6.07) is 4.30. The number of benzene rings is 1. The zero-order chi connectivity index (χ0) is 13.1. The maximum atomic E-state index is 12.9. The van der Waals surface area contributed by atoms with E-state index in [4.69, 9.17) is 5.11 Å². The van der Waals surface area contributed by atoms with Crippen molar-refractivity contribution >= 4 is 11.9 Å². The smallest absolute Gasteiger partial charge is 0.326 e. The Labute approximate surface area is 104 Å². The van der Waals surface area contributed by atoms with Gasteiger partial charge in [-0.15, -0.1) is 0 Å². The third kappa shape index (κ3) is 3.29. The number of aliphatic carboxylic acids is 1. The van der Waals surface area contributed by atoms with Gasteiger partial charge in [0, 0.05) is 5.56 Å². The molecule has 1 fully saturated rings. The topological polar surface area (TPSA) is 66.4 Å². The van der Waals surface area contributed by atoms with Crippen molar-refractivity contribution < 1.29 is 19.1 Å². The number of amides is 1. The van der Waals surface area contributed by atoms with Crippen LogP contribution in [0.2, 0.25) is 0 Å². The van der Waals surface area contributed by atoms with Crippen LogP contribution in [0.15, 0.2) is 24.3 Å². The fraction of sp³-hybridized carbons (Fsp3) is 0.385. The Morgan fingerprint density at radius 1 is 1.44 bits per heavy atom. The number of nitrogens with one attached hydrogen (secondary N) is 1. The minimum absolute atomic E-state index is 0.136. The number of carboxylic acids is 1. The Balaban J connectivity index is 2.01. The average molecular weight is 251 g/mol. The van der Waals surface area contributed by atoms with Gasteiger partial charge in [-0.25, -0.2) is 9.18 Å². The highest BCUT2D eigenvalue weighted by atomic mass is 19.1. The Hall–Kier alpha value is -1.91. The summed E-state index contributed by atoms with van der Waals surface area (Å²) in [6.45, 7) is 0. The second-order valence-electron chi connectivity index (χ2n) is 4.55. The molecule has 18 heavy (non-hydrogen) atoms. The van der Waals surface area contributed by atoms with Gasteiger partial charge < -0.3 is 10.4 Å². The predicted octanol–water partition coefficient (Wildman–Crippen LogP) is 1.81. The van der Waals surface area contributed by atoms with E-state index in [2.05, 4.69) is 5.32 Å². The molecule has 0 spiro atoms. The molecule has 0 aliphatic heterocycles. The SMILES string of the molecule is O=C(N[C@H](CC1CC1)C(=O)O)c1cccc(F)c1. The molecule has 1 aliphatic rings. The van der Waals surface area contributed by atoms with Crippen molar-refractivity contribution in [3.05, 3.63) is 35.6 Å². The number of halogens is 1. The van der Waals surface area contributed by atoms with Gasteiger partial charge in [0.1, 0.15) is 11.9 Å². The molecule has 1 aliphatic carbocycles. The molecule has 5 heteroatoms. The summed E-state index contributed by atoms with van der Waals surface area (Å²) in [5, 5.41) is 11.4. The third-order valence-corrected chi connectivity index (χ3v) is 2.96. The number of hydrogen-bond donors (Lipinski definition) is 2. The van der Waals surface area contributed by atoms with Crippen molar-refractivity contribution in [2.75, 3.05) is 0 Å². The van der Waals surface area contributed by atoms with E-state index in [9.17, 15) is 14.0 Å². The van der Waals surface area contributed by atoms with E-state index >= 15 is 0 Å². The Morgan fingerprint density at radius 3 is 2.72 bits per heavy atom. The third-order valence-electron chi connectivity index (χ3n) is 2.96. The Morgan fingerprint density at radius 2 is 2.17 bits per heavy atom. The van der Waals surface area contributed by atoms with Gasteiger partial charge in [-0.3, -0.25) is 4.79 Å². The second kappa shape index (κ2) is 5.16. The van der Waals surface area contributed by atoms with Crippen LogP contribution in [0.3, 0.4) is 0 Å². The molecule has 0 bridgehead atoms. The fourth-order valence-electron chi connectivity index (χ4n) is 1.78. The van der Waals surface area contributed by atoms with Crippen LogP contribution in [0.1, 0.15) is 29.6 Å². The van der Waals surface area contributed by atoms with Crippen LogP contribution >= 0.6 is 0 Å². The Kier molecular flexibility index (Phi) is 3.60. The highest BCUT2D eigenvalue weighted by molar-refractivity contribution is 5.96. The van der Waals surface area contributed by atoms with Gasteiger partial charge in [0.2, 0.25) is 0 Å². The monoisotopic (exact) mass is 251 g/mol. The molecular formula is C13H14FNO3. The number of carboxylic acid groups (broad SMARTS) is 1. The predicted molar refractivity (Wildman–Crippen MR) is 62.6 cm³/mol. The summed E-state index contributed by atoms with van der Waals surface area (Å²) >= 11 is 0. The molecule has 0 unspecified atom stereocenters. The molecule has 0 aromatic heterocycles. The largest absolute Gasteiger partial charge is 0.480 e. The van der Waals surface area contributed by atoms with Crippen molar-refractivity contribution in [3.8, 4) is 0 Å². The van der Waals surface area contributed by atoms with Gasteiger partial charge in [-0.1, -0.05) is 18.9 Å². The van der Waals surface area contributed by atoms with Gasteiger partial charge in [0.15, 0.2) is 0 Å². The molecule has 0 heterocycles. The van der Waals surface area contributed by atoms with Crippen molar-refractivity contribution in [2.24, 2.45) is 5.92 Å². The molecule has 0 radical (unpaired) electrons. The lowest BCUT2D eigenvalue weighted by Gasteiger charge is -2.14. The minimum atomic E-state index is -1.05. The van der Waals surface area contributed by atoms with E-state index in [0.29, 0.717) is 12.3 Å². The minimum Gasteiger partial charge on any atom is -0.480 e. The standard InChI is InChI=1S/C13H14FNO3/c14-10-3-1-2-9(7-10)12(16)15-11(13(17)18)6-8-4-5-8/h1-3,7-8,11H,4-6H2,(H,15,16)(H,17,18)/t11-/m1/s1. The van der Waals surface area contributed by atoms with E-state index in [1.807, 2.05) is 0 Å². The summed E-state index contributed by atoms with van der Waals surface area (Å²) in [6.07, 6.45) is 2.47. The molecular weight excluding hydrogens is 237 g/mol. The Bertz CT molecular complexity index is 471. The van der Waals surface area contributed by atoms with Crippen molar-refractivity contribution in [3.63, 3.8) is 0 Å². The zero-order valence-corrected chi connectivity index (χ0v) is 9.73. The van der Waals surface area contributed by atoms with Crippen LogP contribution in [0.25, 0.3) is 0 Å². The number of carbonyl (C=O) groups excluding carboxylic acids is 1. The fourth-order valence-corrected chi connectivity index (χ4v) is 1.78. The van der Waals surface area contributed by atoms with E-state index < -0.39 is 23.7 Å². The second-order valence-corrected chi connectivity index (χ2v) is 4.55. The maximum Gasteiger partial charge on any atom is 0.326 e. The molecule has 1 amide bonds. The van der Waals surface area contributed by atoms with E-state index in [1.165, 1.54) is 18.2 Å². The van der Waals surface area contributed by atoms with E-state index in [1.54, 1.807) is 0 Å². The van der Waals surface area contributed by atoms with Gasteiger partial charge >= 0.3 is 5.97 Å². The van der Waals surface area contributed by atoms with Crippen LogP contribution in [0.5, 0.6) is 0 Å². The first-order valence-electron chi connectivity index (χ1n) is 5.85. The zero-order valence-electron chi connectivity index (χ0n) is 9.73. The molecule has 1 atom stereocenters. The van der Waals surface area contributed by atoms with Crippen molar-refractivity contribution in [1.29, 1.82) is 0 Å². The van der Waals surface area contributed by atoms with Crippen LogP contribution in [0.4, 0.5) is 4.39 Å². The highest BCUT2D eigenvalue weighted by Crippen LogP contribution is 2.33. The first-order chi connectivity index (χ1) is 8.56. The van der Waals surface area contributed by atoms with Crippen molar-refractivity contribution in [1.82, 2.24) is 5.32 Å². The molecule has 1 saturated carbocycles. The first kappa shape index (κ1) is 12.5. The van der Waals surface area contributed by atoms with Gasteiger partial charge in [0.05, 0.1) is 0 Å². The summed E-state index contributed by atoms with van der Waals surface area (Å²) in [5.41, 5.74) is 0.136. The summed E-state index contributed by atoms with van der Waals surface area (Å²) in [4.78, 5) is 22.8. The molecule has 1 aromatic rings. The molecule has 4 nitrogen and oxygen atoms in total. The molecule has 2 rings (SSSR count).